The van der Waals surface area contributed by atoms with Crippen molar-refractivity contribution < 1.29 is 19.0 Å². The van der Waals surface area contributed by atoms with E-state index >= 15 is 0 Å². The Hall–Kier alpha value is -2.24. The number of ether oxygens (including phenoxy) is 3. The first-order valence-corrected chi connectivity index (χ1v) is 11.9. The predicted molar refractivity (Wildman–Crippen MR) is 128 cm³/mol. The summed E-state index contributed by atoms with van der Waals surface area (Å²) in [5.74, 6) is -0.833. The van der Waals surface area contributed by atoms with Gasteiger partial charge in [0.15, 0.2) is 5.79 Å². The van der Waals surface area contributed by atoms with Crippen molar-refractivity contribution in [3.8, 4) is 0 Å². The summed E-state index contributed by atoms with van der Waals surface area (Å²) in [4.78, 5) is 16.4. The zero-order valence-electron chi connectivity index (χ0n) is 19.9. The zero-order chi connectivity index (χ0) is 23.0. The first-order valence-electron chi connectivity index (χ1n) is 11.9. The van der Waals surface area contributed by atoms with Gasteiger partial charge in [-0.05, 0) is 57.2 Å². The molecule has 174 valence electrons. The van der Waals surface area contributed by atoms with Crippen molar-refractivity contribution in [2.75, 3.05) is 7.11 Å². The highest BCUT2D eigenvalue weighted by Gasteiger charge is 2.39. The fourth-order valence-electron chi connectivity index (χ4n) is 4.23. The second-order valence-electron chi connectivity index (χ2n) is 8.99. The van der Waals surface area contributed by atoms with Crippen molar-refractivity contribution in [1.82, 2.24) is 4.98 Å². The Morgan fingerprint density at radius 1 is 1.16 bits per heavy atom. The summed E-state index contributed by atoms with van der Waals surface area (Å²) >= 11 is 0. The van der Waals surface area contributed by atoms with Crippen molar-refractivity contribution in [3.63, 3.8) is 0 Å². The Bertz CT molecular complexity index is 921. The van der Waals surface area contributed by atoms with Gasteiger partial charge in [0.25, 0.3) is 0 Å². The molecule has 0 spiro atoms. The number of carbonyl (C=O) groups excluding carboxylic acids is 1. The average molecular weight is 440 g/mol. The van der Waals surface area contributed by atoms with E-state index in [0.717, 1.165) is 41.4 Å². The van der Waals surface area contributed by atoms with Crippen LogP contribution in [0.4, 0.5) is 0 Å². The van der Waals surface area contributed by atoms with Crippen molar-refractivity contribution in [1.29, 1.82) is 0 Å². The molecular weight excluding hydrogens is 402 g/mol. The molecule has 1 aliphatic heterocycles. The molecule has 0 N–H and O–H groups in total. The molecule has 2 aromatic rings. The third kappa shape index (κ3) is 6.88. The van der Waals surface area contributed by atoms with Gasteiger partial charge in [-0.25, -0.2) is 0 Å². The molecule has 5 heteroatoms. The third-order valence-electron chi connectivity index (χ3n) is 5.89. The highest BCUT2D eigenvalue weighted by molar-refractivity contribution is 5.81. The van der Waals surface area contributed by atoms with E-state index in [9.17, 15) is 4.79 Å². The summed E-state index contributed by atoms with van der Waals surface area (Å²) in [7, 11) is 1.42. The second kappa shape index (κ2) is 11.6. The molecule has 0 aliphatic carbocycles. The molecular formula is C27H37NO4. The lowest BCUT2D eigenvalue weighted by molar-refractivity contribution is -0.144. The molecule has 2 heterocycles. The number of hydrogen-bond acceptors (Lipinski definition) is 5. The monoisotopic (exact) mass is 439 g/mol. The second-order valence-corrected chi connectivity index (χ2v) is 8.99. The zero-order valence-corrected chi connectivity index (χ0v) is 19.9. The minimum absolute atomic E-state index is 0.0904. The van der Waals surface area contributed by atoms with Gasteiger partial charge < -0.3 is 14.2 Å². The largest absolute Gasteiger partial charge is 0.469 e. The van der Waals surface area contributed by atoms with Crippen LogP contribution in [0.2, 0.25) is 0 Å². The van der Waals surface area contributed by atoms with Crippen molar-refractivity contribution >= 4 is 22.9 Å². The third-order valence-corrected chi connectivity index (χ3v) is 5.89. The van der Waals surface area contributed by atoms with Gasteiger partial charge in [0.05, 0.1) is 18.7 Å². The summed E-state index contributed by atoms with van der Waals surface area (Å²) < 4.78 is 17.0. The van der Waals surface area contributed by atoms with Gasteiger partial charge in [0, 0.05) is 17.5 Å². The Kier molecular flexibility index (Phi) is 8.83. The number of aromatic nitrogens is 1. The number of esters is 1. The maximum atomic E-state index is 11.5. The van der Waals surface area contributed by atoms with E-state index in [4.69, 9.17) is 19.2 Å². The Morgan fingerprint density at radius 3 is 2.75 bits per heavy atom. The van der Waals surface area contributed by atoms with Crippen molar-refractivity contribution in [2.24, 2.45) is 0 Å². The maximum Gasteiger partial charge on any atom is 0.305 e. The van der Waals surface area contributed by atoms with E-state index in [-0.39, 0.29) is 18.2 Å². The van der Waals surface area contributed by atoms with Crippen LogP contribution in [0.3, 0.4) is 0 Å². The topological polar surface area (TPSA) is 57.7 Å². The number of carbonyl (C=O) groups is 1. The molecule has 0 radical (unpaired) electrons. The average Bonchev–Trinajstić information content (AvgIpc) is 3.08. The minimum Gasteiger partial charge on any atom is -0.469 e. The van der Waals surface area contributed by atoms with Gasteiger partial charge in [-0.15, -0.1) is 0 Å². The van der Waals surface area contributed by atoms with Crippen LogP contribution >= 0.6 is 0 Å². The quantitative estimate of drug-likeness (QED) is 0.307. The lowest BCUT2D eigenvalue weighted by Crippen LogP contribution is -2.21. The van der Waals surface area contributed by atoms with Crippen LogP contribution in [0, 0.1) is 0 Å². The van der Waals surface area contributed by atoms with E-state index in [1.165, 1.54) is 26.4 Å². The van der Waals surface area contributed by atoms with Gasteiger partial charge in [-0.2, -0.15) is 0 Å². The van der Waals surface area contributed by atoms with Crippen LogP contribution in [0.1, 0.15) is 77.0 Å². The molecule has 32 heavy (non-hydrogen) atoms. The molecule has 0 amide bonds. The molecule has 1 aliphatic rings. The molecule has 0 unspecified atom stereocenters. The Labute approximate surface area is 192 Å². The maximum absolute atomic E-state index is 11.5. The smallest absolute Gasteiger partial charge is 0.305 e. The number of nitrogens with zero attached hydrogens (tertiary/aromatic N) is 1. The van der Waals surface area contributed by atoms with Crippen LogP contribution in [0.5, 0.6) is 0 Å². The summed E-state index contributed by atoms with van der Waals surface area (Å²) in [6.07, 6.45) is 11.7. The molecule has 1 aromatic heterocycles. The van der Waals surface area contributed by atoms with Crippen LogP contribution in [-0.4, -0.2) is 36.1 Å². The lowest BCUT2D eigenvalue weighted by Gasteiger charge is -2.16. The van der Waals surface area contributed by atoms with E-state index in [1.54, 1.807) is 0 Å². The Morgan fingerprint density at radius 2 is 1.97 bits per heavy atom. The van der Waals surface area contributed by atoms with E-state index in [1.807, 2.05) is 26.0 Å². The predicted octanol–water partition coefficient (Wildman–Crippen LogP) is 6.23. The number of fused-ring (bicyclic) bond motifs is 1. The molecule has 1 fully saturated rings. The summed E-state index contributed by atoms with van der Waals surface area (Å²) in [6, 6.07) is 10.5. The SMILES string of the molecule is CCCCCCc1nc2ccccc2cc1/C=C/[C@H]1OC(C)(C)O[C@H]1CCCC(=O)OC. The fourth-order valence-corrected chi connectivity index (χ4v) is 4.23. The fraction of sp³-hybridized carbons (Fsp3) is 0.556. The van der Waals surface area contributed by atoms with Crippen LogP contribution < -0.4 is 0 Å². The van der Waals surface area contributed by atoms with Crippen LogP contribution in [0.25, 0.3) is 17.0 Å². The van der Waals surface area contributed by atoms with Crippen molar-refractivity contribution in [2.45, 2.75) is 90.1 Å². The first kappa shape index (κ1) is 24.4. The molecule has 1 saturated heterocycles. The first-order chi connectivity index (χ1) is 15.4. The lowest BCUT2D eigenvalue weighted by atomic mass is 10.0. The summed E-state index contributed by atoms with van der Waals surface area (Å²) in [5.41, 5.74) is 3.32. The summed E-state index contributed by atoms with van der Waals surface area (Å²) in [6.45, 7) is 6.10. The van der Waals surface area contributed by atoms with E-state index < -0.39 is 5.79 Å². The number of benzene rings is 1. The Balaban J connectivity index is 1.77. The van der Waals surface area contributed by atoms with Gasteiger partial charge >= 0.3 is 5.97 Å². The van der Waals surface area contributed by atoms with E-state index in [0.29, 0.717) is 12.8 Å². The molecule has 3 rings (SSSR count). The van der Waals surface area contributed by atoms with Gasteiger partial charge in [0.1, 0.15) is 6.10 Å². The molecule has 2 atom stereocenters. The number of unbranched alkanes of at least 4 members (excludes halogenated alkanes) is 3. The normalized spacial score (nSPS) is 20.2. The number of hydrogen-bond donors (Lipinski definition) is 0. The van der Waals surface area contributed by atoms with Gasteiger partial charge in [0.2, 0.25) is 0 Å². The minimum atomic E-state index is -0.643. The highest BCUT2D eigenvalue weighted by Crippen LogP contribution is 2.32. The van der Waals surface area contributed by atoms with Crippen LogP contribution in [-0.2, 0) is 25.4 Å². The number of pyridine rings is 1. The number of rotatable bonds is 11. The number of aryl methyl sites for hydroxylation is 1. The van der Waals surface area contributed by atoms with E-state index in [2.05, 4.69) is 37.3 Å². The standard InChI is InChI=1S/C27H37NO4/c1-5-6-7-8-13-23-21(19-20-12-9-10-14-22(20)28-23)17-18-25-24(31-27(2,3)32-25)15-11-16-26(29)30-4/h9-10,12,14,17-19,24-25H,5-8,11,13,15-16H2,1-4H3/b18-17+/t24-,25+/m0/s1. The van der Waals surface area contributed by atoms with Gasteiger partial charge in [-0.1, -0.05) is 56.5 Å². The molecule has 0 saturated carbocycles. The number of methoxy groups -OCH3 is 1. The van der Waals surface area contributed by atoms with Crippen molar-refractivity contribution in [3.05, 3.63) is 47.7 Å². The molecule has 0 bridgehead atoms. The molecule has 1 aromatic carbocycles. The summed E-state index contributed by atoms with van der Waals surface area (Å²) in [5, 5.41) is 1.14. The highest BCUT2D eigenvalue weighted by atomic mass is 16.7. The van der Waals surface area contributed by atoms with Crippen LogP contribution in [0.15, 0.2) is 36.4 Å². The molecule has 5 nitrogen and oxygen atoms in total. The van der Waals surface area contributed by atoms with Gasteiger partial charge in [-0.3, -0.25) is 9.78 Å². The number of para-hydroxylation sites is 1.